The van der Waals surface area contributed by atoms with E-state index in [9.17, 15) is 4.57 Å². The Kier molecular flexibility index (Phi) is 3.36. The molecule has 0 saturated carbocycles. The molecule has 0 spiro atoms. The number of halogens is 2. The molecule has 0 atom stereocenters. The molecule has 0 amide bonds. The van der Waals surface area contributed by atoms with E-state index in [-0.39, 0.29) is 0 Å². The molecule has 10 heavy (non-hydrogen) atoms. The van der Waals surface area contributed by atoms with Crippen molar-refractivity contribution in [3.05, 3.63) is 12.7 Å². The van der Waals surface area contributed by atoms with E-state index < -0.39 is 12.3 Å². The van der Waals surface area contributed by atoms with E-state index in [4.69, 9.17) is 33.0 Å². The number of alkyl halides is 2. The van der Waals surface area contributed by atoms with Gasteiger partial charge < -0.3 is 9.79 Å². The standard InChI is InChI=1S/C3H5Cl2O4P/c1-2-3(4,5)9-10(6,7)8/h2H,1H2,(H2,6,7,8). The average Bonchev–Trinajstić information content (AvgIpc) is 1.60. The normalized spacial score (nSPS) is 13.2. The van der Waals surface area contributed by atoms with Gasteiger partial charge in [0.15, 0.2) is 0 Å². The van der Waals surface area contributed by atoms with Crippen LogP contribution in [0, 0.1) is 0 Å². The van der Waals surface area contributed by atoms with Crippen molar-refractivity contribution in [2.24, 2.45) is 0 Å². The zero-order valence-corrected chi connectivity index (χ0v) is 7.10. The highest BCUT2D eigenvalue weighted by Gasteiger charge is 2.30. The first-order valence-corrected chi connectivity index (χ1v) is 4.33. The molecule has 0 radical (unpaired) electrons. The molecule has 0 rings (SSSR count). The van der Waals surface area contributed by atoms with Crippen LogP contribution in [-0.2, 0) is 9.09 Å². The lowest BCUT2D eigenvalue weighted by molar-refractivity contribution is 0.181. The summed E-state index contributed by atoms with van der Waals surface area (Å²) in [5.74, 6) is 0. The van der Waals surface area contributed by atoms with Gasteiger partial charge in [0.05, 0.1) is 0 Å². The summed E-state index contributed by atoms with van der Waals surface area (Å²) < 4.78 is 11.9. The molecule has 0 aromatic carbocycles. The Morgan fingerprint density at radius 2 is 2.00 bits per heavy atom. The van der Waals surface area contributed by atoms with E-state index in [2.05, 4.69) is 11.1 Å². The fourth-order valence-corrected chi connectivity index (χ4v) is 1.13. The molecule has 0 heterocycles. The maximum absolute atomic E-state index is 10.1. The molecule has 0 aliphatic rings. The Morgan fingerprint density at radius 3 is 2.10 bits per heavy atom. The third-order valence-electron chi connectivity index (χ3n) is 0.478. The fraction of sp³-hybridized carbons (Fsp3) is 0.333. The molecular formula is C3H5Cl2O4P. The average molecular weight is 207 g/mol. The maximum Gasteiger partial charge on any atom is 0.472 e. The van der Waals surface area contributed by atoms with Crippen LogP contribution in [0.5, 0.6) is 0 Å². The molecule has 60 valence electrons. The van der Waals surface area contributed by atoms with E-state index in [1.54, 1.807) is 0 Å². The van der Waals surface area contributed by atoms with Crippen molar-refractivity contribution in [1.29, 1.82) is 0 Å². The molecule has 0 aromatic rings. The SMILES string of the molecule is C=CC(Cl)(Cl)OP(=O)(O)O. The van der Waals surface area contributed by atoms with E-state index in [0.29, 0.717) is 0 Å². The number of phosphoric ester groups is 1. The van der Waals surface area contributed by atoms with Crippen LogP contribution in [-0.4, -0.2) is 14.3 Å². The first kappa shape index (κ1) is 10.4. The number of phosphoric acid groups is 1. The van der Waals surface area contributed by atoms with Crippen LogP contribution >= 0.6 is 31.0 Å². The molecule has 0 unspecified atom stereocenters. The number of rotatable bonds is 3. The van der Waals surface area contributed by atoms with Gasteiger partial charge in [-0.25, -0.2) is 9.09 Å². The summed E-state index contributed by atoms with van der Waals surface area (Å²) in [5.41, 5.74) is 0. The smallest absolute Gasteiger partial charge is 0.303 e. The van der Waals surface area contributed by atoms with Gasteiger partial charge in [0.25, 0.3) is 0 Å². The molecule has 0 aromatic heterocycles. The minimum atomic E-state index is -4.64. The third-order valence-corrected chi connectivity index (χ3v) is 1.68. The lowest BCUT2D eigenvalue weighted by Crippen LogP contribution is -2.11. The number of hydrogen-bond acceptors (Lipinski definition) is 2. The highest BCUT2D eigenvalue weighted by atomic mass is 35.5. The van der Waals surface area contributed by atoms with Crippen molar-refractivity contribution in [2.75, 3.05) is 0 Å². The summed E-state index contributed by atoms with van der Waals surface area (Å²) in [4.78, 5) is 16.3. The number of hydrogen-bond donors (Lipinski definition) is 2. The highest BCUT2D eigenvalue weighted by Crippen LogP contribution is 2.45. The first-order chi connectivity index (χ1) is 4.27. The fourth-order valence-electron chi connectivity index (χ4n) is 0.196. The van der Waals surface area contributed by atoms with Crippen LogP contribution in [0.4, 0.5) is 0 Å². The van der Waals surface area contributed by atoms with Crippen molar-refractivity contribution in [2.45, 2.75) is 4.52 Å². The molecule has 0 fully saturated rings. The van der Waals surface area contributed by atoms with Crippen LogP contribution in [0.2, 0.25) is 0 Å². The zero-order valence-electron chi connectivity index (χ0n) is 4.70. The summed E-state index contributed by atoms with van der Waals surface area (Å²) in [6.07, 6.45) is 0.856. The third kappa shape index (κ3) is 5.23. The Morgan fingerprint density at radius 1 is 1.60 bits per heavy atom. The van der Waals surface area contributed by atoms with Crippen molar-refractivity contribution < 1.29 is 18.9 Å². The largest absolute Gasteiger partial charge is 0.472 e. The van der Waals surface area contributed by atoms with Gasteiger partial charge in [-0.2, -0.15) is 0 Å². The van der Waals surface area contributed by atoms with Crippen LogP contribution < -0.4 is 0 Å². The summed E-state index contributed by atoms with van der Waals surface area (Å²) >= 11 is 10.3. The van der Waals surface area contributed by atoms with Gasteiger partial charge in [-0.15, -0.1) is 0 Å². The van der Waals surface area contributed by atoms with Crippen molar-refractivity contribution in [1.82, 2.24) is 0 Å². The van der Waals surface area contributed by atoms with Gasteiger partial charge in [-0.05, 0) is 6.08 Å². The second kappa shape index (κ2) is 3.22. The Bertz CT molecular complexity index is 173. The molecule has 0 saturated heterocycles. The minimum Gasteiger partial charge on any atom is -0.303 e. The van der Waals surface area contributed by atoms with E-state index in [0.717, 1.165) is 6.08 Å². The van der Waals surface area contributed by atoms with Gasteiger partial charge in [-0.3, -0.25) is 0 Å². The maximum atomic E-state index is 10.1. The van der Waals surface area contributed by atoms with E-state index in [1.807, 2.05) is 0 Å². The lowest BCUT2D eigenvalue weighted by atomic mass is 10.7. The van der Waals surface area contributed by atoms with Gasteiger partial charge in [0, 0.05) is 0 Å². The van der Waals surface area contributed by atoms with E-state index >= 15 is 0 Å². The molecule has 7 heteroatoms. The summed E-state index contributed by atoms with van der Waals surface area (Å²) in [5, 5.41) is 0. The topological polar surface area (TPSA) is 66.8 Å². The molecule has 0 aliphatic carbocycles. The van der Waals surface area contributed by atoms with Crippen LogP contribution in [0.1, 0.15) is 0 Å². The van der Waals surface area contributed by atoms with Crippen LogP contribution in [0.3, 0.4) is 0 Å². The Labute approximate surface area is 67.6 Å². The van der Waals surface area contributed by atoms with Crippen molar-refractivity contribution in [3.8, 4) is 0 Å². The second-order valence-corrected chi connectivity index (χ2v) is 3.83. The predicted molar refractivity (Wildman–Crippen MR) is 37.8 cm³/mol. The monoisotopic (exact) mass is 206 g/mol. The Balaban J connectivity index is 4.15. The molecule has 0 aliphatic heterocycles. The molecule has 2 N–H and O–H groups in total. The summed E-state index contributed by atoms with van der Waals surface area (Å²) in [7, 11) is -4.64. The Hall–Kier alpha value is 0.430. The highest BCUT2D eigenvalue weighted by molar-refractivity contribution is 7.46. The first-order valence-electron chi connectivity index (χ1n) is 2.04. The van der Waals surface area contributed by atoms with Gasteiger partial charge in [-0.1, -0.05) is 29.8 Å². The molecular weight excluding hydrogens is 202 g/mol. The summed E-state index contributed by atoms with van der Waals surface area (Å²) in [6, 6.07) is 0. The predicted octanol–water partition coefficient (Wildman–Crippen LogP) is 1.41. The minimum absolute atomic E-state index is 0.856. The van der Waals surface area contributed by atoms with Crippen molar-refractivity contribution >= 4 is 31.0 Å². The zero-order chi connectivity index (χ0) is 8.41. The quantitative estimate of drug-likeness (QED) is 0.417. The van der Waals surface area contributed by atoms with Gasteiger partial charge in [0.2, 0.25) is 4.52 Å². The van der Waals surface area contributed by atoms with Crippen LogP contribution in [0.15, 0.2) is 12.7 Å². The lowest BCUT2D eigenvalue weighted by Gasteiger charge is -2.14. The second-order valence-electron chi connectivity index (χ2n) is 1.35. The molecule has 0 bridgehead atoms. The van der Waals surface area contributed by atoms with Gasteiger partial charge >= 0.3 is 7.82 Å². The van der Waals surface area contributed by atoms with E-state index in [1.165, 1.54) is 0 Å². The van der Waals surface area contributed by atoms with Crippen LogP contribution in [0.25, 0.3) is 0 Å². The van der Waals surface area contributed by atoms with Gasteiger partial charge in [0.1, 0.15) is 0 Å². The summed E-state index contributed by atoms with van der Waals surface area (Å²) in [6.45, 7) is 3.08. The van der Waals surface area contributed by atoms with Crippen molar-refractivity contribution in [3.63, 3.8) is 0 Å². The molecule has 4 nitrogen and oxygen atoms in total.